The van der Waals surface area contributed by atoms with E-state index in [1.54, 1.807) is 6.92 Å². The summed E-state index contributed by atoms with van der Waals surface area (Å²) < 4.78 is 117. The zero-order chi connectivity index (χ0) is 33.6. The zero-order valence-corrected chi connectivity index (χ0v) is 25.9. The fourth-order valence-electron chi connectivity index (χ4n) is 7.72. The normalized spacial score (nSPS) is 27.5. The molecule has 254 valence electrons. The van der Waals surface area contributed by atoms with Crippen molar-refractivity contribution in [2.45, 2.75) is 82.5 Å². The first-order chi connectivity index (χ1) is 22.2. The Morgan fingerprint density at radius 1 is 1.11 bits per heavy atom. The molecule has 47 heavy (non-hydrogen) atoms. The molecule has 0 saturated carbocycles. The lowest BCUT2D eigenvalue weighted by molar-refractivity contribution is -0.137. The lowest BCUT2D eigenvalue weighted by Crippen LogP contribution is -2.60. The molecule has 16 heteroatoms. The predicted molar refractivity (Wildman–Crippen MR) is 159 cm³/mol. The number of alkyl halides is 4. The van der Waals surface area contributed by atoms with Crippen molar-refractivity contribution in [2.24, 2.45) is 0 Å². The first-order valence-electron chi connectivity index (χ1n) is 15.7. The second-order valence-electron chi connectivity index (χ2n) is 13.0. The number of rotatable bonds is 5. The monoisotopic (exact) mass is 669 g/mol. The number of nitrogens with two attached hydrogens (primary N) is 1. The molecular formula is C31H34F7N7O2. The van der Waals surface area contributed by atoms with E-state index >= 15 is 8.78 Å². The summed E-state index contributed by atoms with van der Waals surface area (Å²) in [6.07, 6.45) is -4.48. The van der Waals surface area contributed by atoms with Crippen LogP contribution in [0.4, 0.5) is 42.2 Å². The lowest BCUT2D eigenvalue weighted by atomic mass is 9.95. The van der Waals surface area contributed by atoms with Crippen molar-refractivity contribution in [1.29, 1.82) is 0 Å². The van der Waals surface area contributed by atoms with Gasteiger partial charge in [-0.1, -0.05) is 6.92 Å². The van der Waals surface area contributed by atoms with Crippen LogP contribution in [0.1, 0.15) is 50.7 Å². The van der Waals surface area contributed by atoms with Crippen LogP contribution in [0.5, 0.6) is 11.9 Å². The quantitative estimate of drug-likeness (QED) is 0.277. The third-order valence-corrected chi connectivity index (χ3v) is 10.1. The number of benzene rings is 1. The maximum atomic E-state index is 16.7. The van der Waals surface area contributed by atoms with E-state index in [0.717, 1.165) is 19.8 Å². The molecule has 0 unspecified atom stereocenters. The first kappa shape index (κ1) is 31.9. The summed E-state index contributed by atoms with van der Waals surface area (Å²) in [6.45, 7) is 6.32. The van der Waals surface area contributed by atoms with Crippen LogP contribution >= 0.6 is 0 Å². The molecule has 7 rings (SSSR count). The summed E-state index contributed by atoms with van der Waals surface area (Å²) in [5, 5.41) is 3.40. The minimum Gasteiger partial charge on any atom is -0.472 e. The van der Waals surface area contributed by atoms with Crippen LogP contribution in [-0.2, 0) is 6.18 Å². The van der Waals surface area contributed by atoms with E-state index < -0.39 is 75.0 Å². The van der Waals surface area contributed by atoms with Gasteiger partial charge in [0.1, 0.15) is 47.0 Å². The van der Waals surface area contributed by atoms with Crippen molar-refractivity contribution in [3.8, 4) is 23.1 Å². The van der Waals surface area contributed by atoms with Crippen molar-refractivity contribution in [3.05, 3.63) is 28.6 Å². The first-order valence-corrected chi connectivity index (χ1v) is 15.7. The fraction of sp³-hybridized carbons (Fsp3) is 0.581. The SMILES string of the molecule is CC[C@@H]1CN2c3nc(OC[C@@]45CCCN4C[C@H](F)C5)nc4c(F)c(-c5c(F)c(N)c(F)c(C)c5C(F)(F)F)nc(c34)O[C@@H](C)[C@@H]2CN1. The number of fused-ring (bicyclic) bond motifs is 3. The summed E-state index contributed by atoms with van der Waals surface area (Å²) in [4.78, 5) is 17.0. The fourth-order valence-corrected chi connectivity index (χ4v) is 7.72. The van der Waals surface area contributed by atoms with Crippen LogP contribution in [0, 0.1) is 24.4 Å². The average molecular weight is 670 g/mol. The van der Waals surface area contributed by atoms with Crippen molar-refractivity contribution in [1.82, 2.24) is 25.2 Å². The van der Waals surface area contributed by atoms with Gasteiger partial charge in [-0.15, -0.1) is 0 Å². The second-order valence-corrected chi connectivity index (χ2v) is 13.0. The minimum absolute atomic E-state index is 0.000790. The van der Waals surface area contributed by atoms with E-state index in [0.29, 0.717) is 26.1 Å². The van der Waals surface area contributed by atoms with E-state index in [1.165, 1.54) is 0 Å². The number of nitrogens with zero attached hydrogens (tertiary/aromatic N) is 5. The number of nitrogens with one attached hydrogen (secondary N) is 1. The van der Waals surface area contributed by atoms with Crippen molar-refractivity contribution >= 4 is 22.4 Å². The van der Waals surface area contributed by atoms with Gasteiger partial charge in [0, 0.05) is 32.1 Å². The van der Waals surface area contributed by atoms with E-state index in [1.807, 2.05) is 16.7 Å². The topological polar surface area (TPSA) is 102 Å². The smallest absolute Gasteiger partial charge is 0.417 e. The highest BCUT2D eigenvalue weighted by atomic mass is 19.4. The lowest BCUT2D eigenvalue weighted by Gasteiger charge is -2.42. The van der Waals surface area contributed by atoms with Crippen LogP contribution < -0.4 is 25.4 Å². The van der Waals surface area contributed by atoms with Gasteiger partial charge >= 0.3 is 12.2 Å². The molecule has 4 aliphatic heterocycles. The van der Waals surface area contributed by atoms with Crippen LogP contribution in [-0.4, -0.2) is 82.5 Å². The van der Waals surface area contributed by atoms with Gasteiger partial charge in [-0.25, -0.2) is 22.5 Å². The second kappa shape index (κ2) is 11.2. The summed E-state index contributed by atoms with van der Waals surface area (Å²) in [7, 11) is 0. The summed E-state index contributed by atoms with van der Waals surface area (Å²) in [6, 6.07) is -0.642. The molecule has 0 amide bonds. The summed E-state index contributed by atoms with van der Waals surface area (Å²) in [5.74, 6) is -4.98. The minimum atomic E-state index is -5.31. The van der Waals surface area contributed by atoms with Gasteiger partial charge in [-0.2, -0.15) is 23.1 Å². The van der Waals surface area contributed by atoms with E-state index in [-0.39, 0.29) is 54.8 Å². The van der Waals surface area contributed by atoms with Crippen molar-refractivity contribution < 1.29 is 40.2 Å². The molecule has 3 saturated heterocycles. The van der Waals surface area contributed by atoms with Gasteiger partial charge in [0.25, 0.3) is 0 Å². The van der Waals surface area contributed by atoms with Crippen molar-refractivity contribution in [3.63, 3.8) is 0 Å². The standard InChI is InChI=1S/C31H34F7N7O2/c1-4-16-11-45-17(9-40-16)14(3)47-28-19-26(42-29(43-27(19)45)46-12-30-6-5-7-44(30)10-15(32)8-30)23(35)25(41-28)18-20(31(36,37)38)13(2)21(33)24(39)22(18)34/h14-17,40H,4-12,39H2,1-3H3/t14-,15+,16+,17-,30-/m0/s1. The highest BCUT2D eigenvalue weighted by molar-refractivity contribution is 5.97. The Hall–Kier alpha value is -3.66. The number of hydrogen-bond acceptors (Lipinski definition) is 9. The van der Waals surface area contributed by atoms with Crippen LogP contribution in [0.2, 0.25) is 0 Å². The Balaban J connectivity index is 1.46. The van der Waals surface area contributed by atoms with Crippen molar-refractivity contribution in [2.75, 3.05) is 43.4 Å². The van der Waals surface area contributed by atoms with E-state index in [2.05, 4.69) is 20.3 Å². The number of piperazine rings is 1. The highest BCUT2D eigenvalue weighted by Gasteiger charge is 2.50. The number of hydrogen-bond donors (Lipinski definition) is 2. The number of halogens is 7. The number of ether oxygens (including phenoxy) is 2. The molecule has 3 fully saturated rings. The van der Waals surface area contributed by atoms with Gasteiger partial charge < -0.3 is 25.4 Å². The van der Waals surface area contributed by atoms with Gasteiger partial charge in [0.2, 0.25) is 5.88 Å². The van der Waals surface area contributed by atoms with E-state index in [9.17, 15) is 22.0 Å². The molecule has 0 aliphatic carbocycles. The molecule has 3 N–H and O–H groups in total. The van der Waals surface area contributed by atoms with Crippen LogP contribution in [0.25, 0.3) is 22.2 Å². The van der Waals surface area contributed by atoms with Gasteiger partial charge in [-0.05, 0) is 45.2 Å². The Kier molecular flexibility index (Phi) is 7.61. The Labute approximate surface area is 265 Å². The molecule has 9 nitrogen and oxygen atoms in total. The molecular weight excluding hydrogens is 635 g/mol. The highest BCUT2D eigenvalue weighted by Crippen LogP contribution is 2.48. The largest absolute Gasteiger partial charge is 0.472 e. The van der Waals surface area contributed by atoms with Crippen LogP contribution in [0.15, 0.2) is 0 Å². The predicted octanol–water partition coefficient (Wildman–Crippen LogP) is 5.31. The Morgan fingerprint density at radius 2 is 1.87 bits per heavy atom. The summed E-state index contributed by atoms with van der Waals surface area (Å²) >= 11 is 0. The maximum Gasteiger partial charge on any atom is 0.417 e. The molecule has 0 radical (unpaired) electrons. The molecule has 4 aliphatic rings. The van der Waals surface area contributed by atoms with E-state index in [4.69, 9.17) is 15.2 Å². The summed E-state index contributed by atoms with van der Waals surface area (Å²) in [5.41, 5.74) is -2.04. The van der Waals surface area contributed by atoms with Crippen LogP contribution in [0.3, 0.4) is 0 Å². The molecule has 2 aromatic heterocycles. The number of aromatic nitrogens is 3. The molecule has 6 heterocycles. The molecule has 5 atom stereocenters. The maximum absolute atomic E-state index is 16.7. The third kappa shape index (κ3) is 5.00. The molecule has 3 aromatic rings. The Morgan fingerprint density at radius 3 is 2.60 bits per heavy atom. The molecule has 1 aromatic carbocycles. The number of anilines is 2. The van der Waals surface area contributed by atoms with Gasteiger partial charge in [0.15, 0.2) is 17.5 Å². The molecule has 0 spiro atoms. The van der Waals surface area contributed by atoms with Gasteiger partial charge in [0.05, 0.1) is 22.7 Å². The number of pyridine rings is 1. The average Bonchev–Trinajstić information content (AvgIpc) is 3.52. The molecule has 0 bridgehead atoms. The third-order valence-electron chi connectivity index (χ3n) is 10.1. The Bertz CT molecular complexity index is 1760. The zero-order valence-electron chi connectivity index (χ0n) is 25.9. The van der Waals surface area contributed by atoms with Gasteiger partial charge in [-0.3, -0.25) is 4.90 Å². The number of nitrogen functional groups attached to an aromatic ring is 1.